The molecule has 4 rings (SSSR count). The van der Waals surface area contributed by atoms with E-state index in [9.17, 15) is 9.59 Å². The van der Waals surface area contributed by atoms with Crippen LogP contribution in [0.25, 0.3) is 0 Å². The number of hydrogen-bond acceptors (Lipinski definition) is 7. The molecule has 0 saturated carbocycles. The number of amides is 1. The number of methoxy groups -OCH3 is 2. The van der Waals surface area contributed by atoms with Gasteiger partial charge in [0.2, 0.25) is 0 Å². The zero-order chi connectivity index (χ0) is 27.6. The van der Waals surface area contributed by atoms with E-state index in [4.69, 9.17) is 18.9 Å². The molecule has 198 valence electrons. The third-order valence-electron chi connectivity index (χ3n) is 5.53. The van der Waals surface area contributed by atoms with Crippen molar-refractivity contribution >= 4 is 34.0 Å². The van der Waals surface area contributed by atoms with Gasteiger partial charge < -0.3 is 18.9 Å². The topological polar surface area (TPSA) is 95.5 Å². The SMILES string of the molecule is COc1ccc(C(=O)Oc2ccc(Br)cc2C=NNC(=O)c2ccccc2OCc2ccccc2)cc1OC. The van der Waals surface area contributed by atoms with Crippen LogP contribution in [-0.4, -0.2) is 32.3 Å². The number of hydrogen-bond donors (Lipinski definition) is 1. The Morgan fingerprint density at radius 3 is 2.31 bits per heavy atom. The summed E-state index contributed by atoms with van der Waals surface area (Å²) in [4.78, 5) is 25.7. The lowest BCUT2D eigenvalue weighted by Gasteiger charge is -2.11. The molecular formula is C30H25BrN2O6. The van der Waals surface area contributed by atoms with Crippen LogP contribution in [0.2, 0.25) is 0 Å². The first-order valence-corrected chi connectivity index (χ1v) is 12.6. The van der Waals surface area contributed by atoms with Crippen molar-refractivity contribution in [1.82, 2.24) is 5.43 Å². The minimum absolute atomic E-state index is 0.252. The summed E-state index contributed by atoms with van der Waals surface area (Å²) < 4.78 is 22.7. The Morgan fingerprint density at radius 2 is 1.54 bits per heavy atom. The van der Waals surface area contributed by atoms with Crippen molar-refractivity contribution < 1.29 is 28.5 Å². The maximum atomic E-state index is 12.9. The Hall–Kier alpha value is -4.63. The number of nitrogens with one attached hydrogen (secondary N) is 1. The second-order valence-corrected chi connectivity index (χ2v) is 9.03. The van der Waals surface area contributed by atoms with Crippen LogP contribution in [0.3, 0.4) is 0 Å². The monoisotopic (exact) mass is 588 g/mol. The average molecular weight is 589 g/mol. The van der Waals surface area contributed by atoms with Crippen molar-refractivity contribution in [2.75, 3.05) is 14.2 Å². The van der Waals surface area contributed by atoms with Crippen LogP contribution in [0.1, 0.15) is 31.8 Å². The Balaban J connectivity index is 1.46. The van der Waals surface area contributed by atoms with E-state index in [1.807, 2.05) is 30.3 Å². The lowest BCUT2D eigenvalue weighted by Crippen LogP contribution is -2.19. The molecule has 0 atom stereocenters. The van der Waals surface area contributed by atoms with Crippen LogP contribution < -0.4 is 24.4 Å². The molecule has 4 aromatic rings. The molecule has 0 aliphatic heterocycles. The normalized spacial score (nSPS) is 10.6. The summed E-state index contributed by atoms with van der Waals surface area (Å²) >= 11 is 3.41. The molecule has 39 heavy (non-hydrogen) atoms. The third-order valence-corrected chi connectivity index (χ3v) is 6.03. The summed E-state index contributed by atoms with van der Waals surface area (Å²) in [6, 6.07) is 26.4. The fourth-order valence-electron chi connectivity index (χ4n) is 3.57. The van der Waals surface area contributed by atoms with Crippen LogP contribution in [0.15, 0.2) is 101 Å². The summed E-state index contributed by atoms with van der Waals surface area (Å²) in [5.41, 5.74) is 4.57. The highest BCUT2D eigenvalue weighted by Crippen LogP contribution is 2.29. The van der Waals surface area contributed by atoms with E-state index < -0.39 is 11.9 Å². The summed E-state index contributed by atoms with van der Waals surface area (Å²) in [6.45, 7) is 0.321. The summed E-state index contributed by atoms with van der Waals surface area (Å²) in [5, 5.41) is 4.08. The van der Waals surface area contributed by atoms with Crippen molar-refractivity contribution in [3.05, 3.63) is 118 Å². The fraction of sp³-hybridized carbons (Fsp3) is 0.100. The minimum atomic E-state index is -0.596. The molecule has 0 aliphatic rings. The van der Waals surface area contributed by atoms with Crippen molar-refractivity contribution in [3.8, 4) is 23.0 Å². The molecule has 0 aliphatic carbocycles. The van der Waals surface area contributed by atoms with Gasteiger partial charge in [-0.15, -0.1) is 0 Å². The van der Waals surface area contributed by atoms with E-state index in [-0.39, 0.29) is 11.3 Å². The molecule has 0 bridgehead atoms. The second kappa shape index (κ2) is 13.3. The van der Waals surface area contributed by atoms with Crippen molar-refractivity contribution in [1.29, 1.82) is 0 Å². The van der Waals surface area contributed by atoms with Gasteiger partial charge in [-0.2, -0.15) is 5.10 Å². The maximum Gasteiger partial charge on any atom is 0.343 e. The minimum Gasteiger partial charge on any atom is -0.493 e. The average Bonchev–Trinajstić information content (AvgIpc) is 2.97. The predicted molar refractivity (Wildman–Crippen MR) is 151 cm³/mol. The number of halogens is 1. The molecule has 1 amide bonds. The van der Waals surface area contributed by atoms with E-state index >= 15 is 0 Å². The van der Waals surface area contributed by atoms with Gasteiger partial charge in [-0.05, 0) is 54.1 Å². The molecular weight excluding hydrogens is 564 g/mol. The van der Waals surface area contributed by atoms with Crippen molar-refractivity contribution in [2.45, 2.75) is 6.61 Å². The number of nitrogens with zero attached hydrogens (tertiary/aromatic N) is 1. The van der Waals surface area contributed by atoms with Gasteiger partial charge in [-0.3, -0.25) is 4.79 Å². The number of carbonyl (C=O) groups is 2. The number of rotatable bonds is 10. The number of para-hydroxylation sites is 1. The molecule has 4 aromatic carbocycles. The second-order valence-electron chi connectivity index (χ2n) is 8.11. The van der Waals surface area contributed by atoms with E-state index in [0.717, 1.165) is 10.0 Å². The zero-order valence-corrected chi connectivity index (χ0v) is 22.8. The van der Waals surface area contributed by atoms with Gasteiger partial charge in [-0.1, -0.05) is 58.4 Å². The Labute approximate surface area is 234 Å². The van der Waals surface area contributed by atoms with Crippen LogP contribution in [0.5, 0.6) is 23.0 Å². The van der Waals surface area contributed by atoms with Crippen LogP contribution in [-0.2, 0) is 6.61 Å². The van der Waals surface area contributed by atoms with E-state index in [1.165, 1.54) is 26.5 Å². The fourth-order valence-corrected chi connectivity index (χ4v) is 3.95. The molecule has 0 spiro atoms. The van der Waals surface area contributed by atoms with Gasteiger partial charge >= 0.3 is 5.97 Å². The summed E-state index contributed by atoms with van der Waals surface area (Å²) in [7, 11) is 3.00. The molecule has 0 fully saturated rings. The number of esters is 1. The van der Waals surface area contributed by atoms with Gasteiger partial charge in [0.25, 0.3) is 5.91 Å². The van der Waals surface area contributed by atoms with Gasteiger partial charge in [0.15, 0.2) is 11.5 Å². The lowest BCUT2D eigenvalue weighted by molar-refractivity contribution is 0.0733. The number of carbonyl (C=O) groups excluding carboxylic acids is 2. The van der Waals surface area contributed by atoms with Gasteiger partial charge in [-0.25, -0.2) is 10.2 Å². The molecule has 8 nitrogen and oxygen atoms in total. The van der Waals surface area contributed by atoms with Crippen LogP contribution in [0.4, 0.5) is 0 Å². The molecule has 0 saturated heterocycles. The molecule has 0 heterocycles. The highest BCUT2D eigenvalue weighted by Gasteiger charge is 2.15. The number of hydrazone groups is 1. The van der Waals surface area contributed by atoms with Crippen LogP contribution in [0, 0.1) is 0 Å². The van der Waals surface area contributed by atoms with Crippen molar-refractivity contribution in [3.63, 3.8) is 0 Å². The maximum absolute atomic E-state index is 12.9. The zero-order valence-electron chi connectivity index (χ0n) is 21.2. The van der Waals surface area contributed by atoms with Gasteiger partial charge in [0.05, 0.1) is 31.6 Å². The third kappa shape index (κ3) is 7.24. The summed E-state index contributed by atoms with van der Waals surface area (Å²) in [5.74, 6) is 0.535. The first-order valence-electron chi connectivity index (χ1n) is 11.8. The highest BCUT2D eigenvalue weighted by molar-refractivity contribution is 9.10. The Morgan fingerprint density at radius 1 is 0.821 bits per heavy atom. The first kappa shape index (κ1) is 27.4. The molecule has 0 unspecified atom stereocenters. The molecule has 0 aromatic heterocycles. The molecule has 9 heteroatoms. The quantitative estimate of drug-likeness (QED) is 0.105. The predicted octanol–water partition coefficient (Wildman–Crippen LogP) is 6.03. The van der Waals surface area contributed by atoms with Gasteiger partial charge in [0, 0.05) is 10.0 Å². The van der Waals surface area contributed by atoms with Gasteiger partial charge in [0.1, 0.15) is 18.1 Å². The number of ether oxygens (including phenoxy) is 4. The first-order chi connectivity index (χ1) is 19.0. The highest BCUT2D eigenvalue weighted by atomic mass is 79.9. The smallest absolute Gasteiger partial charge is 0.343 e. The summed E-state index contributed by atoms with van der Waals surface area (Å²) in [6.07, 6.45) is 1.40. The Kier molecular flexibility index (Phi) is 9.31. The molecule has 0 radical (unpaired) electrons. The standard InChI is InChI=1S/C30H25BrN2O6/c1-36-27-14-12-21(17-28(27)37-2)30(35)39-25-15-13-23(31)16-22(25)18-32-33-29(34)24-10-6-7-11-26(24)38-19-20-8-4-3-5-9-20/h3-18H,19H2,1-2H3,(H,33,34). The van der Waals surface area contributed by atoms with E-state index in [2.05, 4.69) is 26.5 Å². The van der Waals surface area contributed by atoms with Crippen LogP contribution >= 0.6 is 15.9 Å². The molecule has 1 N–H and O–H groups in total. The van der Waals surface area contributed by atoms with Crippen molar-refractivity contribution in [2.24, 2.45) is 5.10 Å². The largest absolute Gasteiger partial charge is 0.493 e. The Bertz CT molecular complexity index is 1490. The number of benzene rings is 4. The van der Waals surface area contributed by atoms with E-state index in [0.29, 0.717) is 35.0 Å². The van der Waals surface area contributed by atoms with E-state index in [1.54, 1.807) is 54.6 Å². The lowest BCUT2D eigenvalue weighted by atomic mass is 10.2.